The molecular formula is C16H17ClN2O4. The maximum Gasteiger partial charge on any atom is 0.337 e. The molecule has 0 bridgehead atoms. The molecular weight excluding hydrogens is 320 g/mol. The highest BCUT2D eigenvalue weighted by atomic mass is 35.5. The van der Waals surface area contributed by atoms with Crippen molar-refractivity contribution < 1.29 is 19.5 Å². The average molecular weight is 337 g/mol. The van der Waals surface area contributed by atoms with Gasteiger partial charge in [0.15, 0.2) is 0 Å². The van der Waals surface area contributed by atoms with Crippen molar-refractivity contribution in [3.8, 4) is 0 Å². The third kappa shape index (κ3) is 3.64. The lowest BCUT2D eigenvalue weighted by Crippen LogP contribution is -2.29. The minimum atomic E-state index is -1.12. The second-order valence-corrected chi connectivity index (χ2v) is 6.54. The first-order chi connectivity index (χ1) is 10.9. The predicted molar refractivity (Wildman–Crippen MR) is 84.5 cm³/mol. The zero-order valence-corrected chi connectivity index (χ0v) is 13.2. The van der Waals surface area contributed by atoms with Crippen LogP contribution in [0, 0.1) is 11.8 Å². The molecule has 0 aromatic heterocycles. The summed E-state index contributed by atoms with van der Waals surface area (Å²) >= 11 is 5.88. The molecule has 0 spiro atoms. The third-order valence-corrected chi connectivity index (χ3v) is 4.54. The van der Waals surface area contributed by atoms with Crippen LogP contribution in [0.25, 0.3) is 0 Å². The van der Waals surface area contributed by atoms with Gasteiger partial charge in [0.05, 0.1) is 16.5 Å². The first-order valence-electron chi connectivity index (χ1n) is 7.55. The van der Waals surface area contributed by atoms with Crippen molar-refractivity contribution in [2.75, 3.05) is 18.4 Å². The van der Waals surface area contributed by atoms with Gasteiger partial charge in [-0.3, -0.25) is 9.59 Å². The number of nitrogens with zero attached hydrogens (tertiary/aromatic N) is 1. The number of anilines is 1. The number of carbonyl (C=O) groups excluding carboxylic acids is 2. The summed E-state index contributed by atoms with van der Waals surface area (Å²) in [6.07, 6.45) is 2.55. The van der Waals surface area contributed by atoms with Gasteiger partial charge in [-0.2, -0.15) is 0 Å². The Morgan fingerprint density at radius 2 is 2.09 bits per heavy atom. The number of rotatable bonds is 5. The monoisotopic (exact) mass is 336 g/mol. The van der Waals surface area contributed by atoms with Gasteiger partial charge in [-0.15, -0.1) is 0 Å². The summed E-state index contributed by atoms with van der Waals surface area (Å²) in [4.78, 5) is 36.9. The number of aromatic carboxylic acids is 1. The van der Waals surface area contributed by atoms with Gasteiger partial charge in [-0.1, -0.05) is 11.6 Å². The molecule has 3 rings (SSSR count). The van der Waals surface area contributed by atoms with E-state index in [-0.39, 0.29) is 34.7 Å². The first-order valence-corrected chi connectivity index (χ1v) is 7.93. The molecule has 23 heavy (non-hydrogen) atoms. The Morgan fingerprint density at radius 1 is 1.35 bits per heavy atom. The van der Waals surface area contributed by atoms with E-state index in [4.69, 9.17) is 16.7 Å². The van der Waals surface area contributed by atoms with E-state index in [1.807, 2.05) is 0 Å². The van der Waals surface area contributed by atoms with E-state index in [1.54, 1.807) is 4.90 Å². The SMILES string of the molecule is O=C(O)c1ccc(NC(=O)C2CC(=O)N(CC3CC3)C2)cc1Cl. The summed E-state index contributed by atoms with van der Waals surface area (Å²) in [5.74, 6) is -1.11. The van der Waals surface area contributed by atoms with Crippen LogP contribution in [0.5, 0.6) is 0 Å². The molecule has 1 atom stereocenters. The van der Waals surface area contributed by atoms with Crippen LogP contribution in [0.1, 0.15) is 29.6 Å². The fourth-order valence-corrected chi connectivity index (χ4v) is 3.01. The van der Waals surface area contributed by atoms with Crippen LogP contribution in [0.4, 0.5) is 5.69 Å². The van der Waals surface area contributed by atoms with E-state index in [9.17, 15) is 14.4 Å². The van der Waals surface area contributed by atoms with Crippen LogP contribution in [0.15, 0.2) is 18.2 Å². The summed E-state index contributed by atoms with van der Waals surface area (Å²) in [6.45, 7) is 1.20. The molecule has 1 heterocycles. The number of benzene rings is 1. The largest absolute Gasteiger partial charge is 0.478 e. The molecule has 1 aromatic carbocycles. The molecule has 6 nitrogen and oxygen atoms in total. The van der Waals surface area contributed by atoms with E-state index >= 15 is 0 Å². The van der Waals surface area contributed by atoms with Crippen molar-refractivity contribution in [2.45, 2.75) is 19.3 Å². The molecule has 1 aliphatic heterocycles. The van der Waals surface area contributed by atoms with Gasteiger partial charge in [0, 0.05) is 25.2 Å². The summed E-state index contributed by atoms with van der Waals surface area (Å²) in [5.41, 5.74) is 0.411. The van der Waals surface area contributed by atoms with Crippen molar-refractivity contribution in [1.82, 2.24) is 4.90 Å². The number of nitrogens with one attached hydrogen (secondary N) is 1. The van der Waals surface area contributed by atoms with Crippen LogP contribution < -0.4 is 5.32 Å². The standard InChI is InChI=1S/C16H17ClN2O4/c17-13-6-11(3-4-12(13)16(22)23)18-15(21)10-5-14(20)19(8-10)7-9-1-2-9/h3-4,6,9-10H,1-2,5,7-8H2,(H,18,21)(H,22,23). The quantitative estimate of drug-likeness (QED) is 0.863. The van der Waals surface area contributed by atoms with Crippen LogP contribution >= 0.6 is 11.6 Å². The number of carboxylic acids is 1. The molecule has 1 unspecified atom stereocenters. The van der Waals surface area contributed by atoms with Crippen molar-refractivity contribution in [3.05, 3.63) is 28.8 Å². The molecule has 1 saturated carbocycles. The number of halogens is 1. The Balaban J connectivity index is 1.61. The van der Waals surface area contributed by atoms with Crippen LogP contribution in [-0.2, 0) is 9.59 Å². The Morgan fingerprint density at radius 3 is 2.70 bits per heavy atom. The molecule has 7 heteroatoms. The highest BCUT2D eigenvalue weighted by Crippen LogP contribution is 2.32. The number of hydrogen-bond donors (Lipinski definition) is 2. The van der Waals surface area contributed by atoms with Gasteiger partial charge in [-0.25, -0.2) is 4.79 Å². The Kier molecular flexibility index (Phi) is 4.26. The summed E-state index contributed by atoms with van der Waals surface area (Å²) in [6, 6.07) is 4.24. The number of amides is 2. The van der Waals surface area contributed by atoms with E-state index in [0.717, 1.165) is 19.4 Å². The van der Waals surface area contributed by atoms with E-state index < -0.39 is 5.97 Å². The van der Waals surface area contributed by atoms with Crippen LogP contribution in [0.2, 0.25) is 5.02 Å². The van der Waals surface area contributed by atoms with Crippen LogP contribution in [-0.4, -0.2) is 40.9 Å². The molecule has 122 valence electrons. The number of carboxylic acid groups (broad SMARTS) is 1. The average Bonchev–Trinajstić information content (AvgIpc) is 3.21. The number of carbonyl (C=O) groups is 3. The van der Waals surface area contributed by atoms with Crippen molar-refractivity contribution in [3.63, 3.8) is 0 Å². The second kappa shape index (κ2) is 6.20. The lowest BCUT2D eigenvalue weighted by Gasteiger charge is -2.16. The van der Waals surface area contributed by atoms with E-state index in [2.05, 4.69) is 5.32 Å². The molecule has 2 fully saturated rings. The lowest BCUT2D eigenvalue weighted by atomic mass is 10.1. The number of likely N-dealkylation sites (tertiary alicyclic amines) is 1. The third-order valence-electron chi connectivity index (χ3n) is 4.23. The molecule has 2 amide bonds. The maximum absolute atomic E-state index is 12.3. The Hall–Kier alpha value is -2.08. The second-order valence-electron chi connectivity index (χ2n) is 6.13. The predicted octanol–water partition coefficient (Wildman–Crippen LogP) is 2.24. The van der Waals surface area contributed by atoms with Crippen molar-refractivity contribution in [1.29, 1.82) is 0 Å². The van der Waals surface area contributed by atoms with E-state index in [0.29, 0.717) is 18.2 Å². The smallest absolute Gasteiger partial charge is 0.337 e. The first kappa shape index (κ1) is 15.8. The Labute approximate surface area is 138 Å². The molecule has 2 aliphatic rings. The van der Waals surface area contributed by atoms with Crippen LogP contribution in [0.3, 0.4) is 0 Å². The van der Waals surface area contributed by atoms with E-state index in [1.165, 1.54) is 18.2 Å². The molecule has 1 aromatic rings. The fourth-order valence-electron chi connectivity index (χ4n) is 2.75. The van der Waals surface area contributed by atoms with Gasteiger partial charge < -0.3 is 15.3 Å². The minimum absolute atomic E-state index is 0.0173. The highest BCUT2D eigenvalue weighted by Gasteiger charge is 2.37. The molecule has 2 N–H and O–H groups in total. The summed E-state index contributed by atoms with van der Waals surface area (Å²) < 4.78 is 0. The maximum atomic E-state index is 12.3. The topological polar surface area (TPSA) is 86.7 Å². The zero-order chi connectivity index (χ0) is 16.6. The normalized spacial score (nSPS) is 20.7. The van der Waals surface area contributed by atoms with Gasteiger partial charge >= 0.3 is 5.97 Å². The molecule has 1 saturated heterocycles. The minimum Gasteiger partial charge on any atom is -0.478 e. The lowest BCUT2D eigenvalue weighted by molar-refractivity contribution is -0.128. The zero-order valence-electron chi connectivity index (χ0n) is 12.4. The van der Waals surface area contributed by atoms with Gasteiger partial charge in [0.25, 0.3) is 0 Å². The Bertz CT molecular complexity index is 672. The van der Waals surface area contributed by atoms with Gasteiger partial charge in [0.1, 0.15) is 0 Å². The summed E-state index contributed by atoms with van der Waals surface area (Å²) in [5, 5.41) is 11.7. The summed E-state index contributed by atoms with van der Waals surface area (Å²) in [7, 11) is 0. The van der Waals surface area contributed by atoms with Gasteiger partial charge in [-0.05, 0) is 37.0 Å². The molecule has 1 aliphatic carbocycles. The molecule has 0 radical (unpaired) electrons. The van der Waals surface area contributed by atoms with Gasteiger partial charge in [0.2, 0.25) is 11.8 Å². The number of hydrogen-bond acceptors (Lipinski definition) is 3. The van der Waals surface area contributed by atoms with Crippen molar-refractivity contribution >= 4 is 35.1 Å². The van der Waals surface area contributed by atoms with Crippen molar-refractivity contribution in [2.24, 2.45) is 11.8 Å². The highest BCUT2D eigenvalue weighted by molar-refractivity contribution is 6.33. The fraction of sp³-hybridized carbons (Fsp3) is 0.438.